The summed E-state index contributed by atoms with van der Waals surface area (Å²) < 4.78 is 30.3. The van der Waals surface area contributed by atoms with Crippen molar-refractivity contribution in [3.8, 4) is 0 Å². The Hall–Kier alpha value is -1.49. The summed E-state index contributed by atoms with van der Waals surface area (Å²) in [5, 5.41) is -0.722. The van der Waals surface area contributed by atoms with Crippen molar-refractivity contribution in [1.82, 2.24) is 0 Å². The first-order valence-electron chi connectivity index (χ1n) is 4.33. The molecule has 0 heterocycles. The summed E-state index contributed by atoms with van der Waals surface area (Å²) in [6.07, 6.45) is 0. The molecule has 0 bridgehead atoms. The Morgan fingerprint density at radius 1 is 1.31 bits per heavy atom. The van der Waals surface area contributed by atoms with E-state index in [1.54, 1.807) is 0 Å². The summed E-state index contributed by atoms with van der Waals surface area (Å²) in [6, 6.07) is 1.37. The van der Waals surface area contributed by atoms with Crippen LogP contribution in [0.3, 0.4) is 0 Å². The zero-order valence-electron chi connectivity index (χ0n) is 8.22. The monoisotopic (exact) mass is 248 g/mol. The van der Waals surface area contributed by atoms with E-state index in [1.807, 2.05) is 0 Å². The maximum atomic E-state index is 13.0. The molecule has 6 heteroatoms. The topological polar surface area (TPSA) is 43.4 Å². The molecule has 16 heavy (non-hydrogen) atoms. The van der Waals surface area contributed by atoms with Crippen LogP contribution in [-0.2, 0) is 9.53 Å². The quantitative estimate of drug-likeness (QED) is 0.357. The lowest BCUT2D eigenvalue weighted by molar-refractivity contribution is -0.137. The van der Waals surface area contributed by atoms with Crippen LogP contribution in [-0.4, -0.2) is 18.4 Å². The lowest BCUT2D eigenvalue weighted by atomic mass is 10.1. The summed E-state index contributed by atoms with van der Waals surface area (Å²) in [5.41, 5.74) is -0.433. The van der Waals surface area contributed by atoms with E-state index in [0.29, 0.717) is 12.1 Å². The van der Waals surface area contributed by atoms with Gasteiger partial charge < -0.3 is 4.74 Å². The van der Waals surface area contributed by atoms with Gasteiger partial charge in [0.15, 0.2) is 0 Å². The number of hydrogen-bond donors (Lipinski definition) is 0. The van der Waals surface area contributed by atoms with Gasteiger partial charge in [-0.15, -0.1) is 0 Å². The van der Waals surface area contributed by atoms with Gasteiger partial charge in [-0.1, -0.05) is 11.6 Å². The Morgan fingerprint density at radius 3 is 2.25 bits per heavy atom. The standard InChI is InChI=1S/C10H7ClF2O3/c1-2-16-10(15)9(14)5-3-6(12)8(11)7(13)4-5/h3-4H,2H2,1H3. The number of carbonyl (C=O) groups is 2. The average molecular weight is 249 g/mol. The SMILES string of the molecule is CCOC(=O)C(=O)c1cc(F)c(Cl)c(F)c1. The highest BCUT2D eigenvalue weighted by Crippen LogP contribution is 2.20. The molecule has 3 nitrogen and oxygen atoms in total. The molecular weight excluding hydrogens is 242 g/mol. The molecule has 0 aliphatic rings. The third kappa shape index (κ3) is 2.55. The molecule has 86 valence electrons. The molecule has 0 atom stereocenters. The zero-order chi connectivity index (χ0) is 12.3. The Morgan fingerprint density at radius 2 is 1.81 bits per heavy atom. The number of Topliss-reactive ketones (excluding diaryl/α,β-unsaturated/α-hetero) is 1. The lowest BCUT2D eigenvalue weighted by Gasteiger charge is -2.02. The summed E-state index contributed by atoms with van der Waals surface area (Å²) in [7, 11) is 0. The van der Waals surface area contributed by atoms with E-state index < -0.39 is 34.0 Å². The molecule has 0 saturated carbocycles. The van der Waals surface area contributed by atoms with Crippen molar-refractivity contribution < 1.29 is 23.1 Å². The van der Waals surface area contributed by atoms with Crippen molar-refractivity contribution in [2.24, 2.45) is 0 Å². The smallest absolute Gasteiger partial charge is 0.379 e. The first kappa shape index (κ1) is 12.6. The summed E-state index contributed by atoms with van der Waals surface area (Å²) in [6.45, 7) is 1.51. The second-order valence-corrected chi connectivity index (χ2v) is 3.18. The third-order valence-corrected chi connectivity index (χ3v) is 2.07. The van der Waals surface area contributed by atoms with Crippen molar-refractivity contribution >= 4 is 23.4 Å². The van der Waals surface area contributed by atoms with Gasteiger partial charge in [0.25, 0.3) is 5.78 Å². The van der Waals surface area contributed by atoms with E-state index in [0.717, 1.165) is 0 Å². The van der Waals surface area contributed by atoms with Crippen molar-refractivity contribution in [1.29, 1.82) is 0 Å². The summed E-state index contributed by atoms with van der Waals surface area (Å²) in [5.74, 6) is -4.48. The minimum Gasteiger partial charge on any atom is -0.460 e. The van der Waals surface area contributed by atoms with Crippen LogP contribution in [0, 0.1) is 11.6 Å². The Kier molecular flexibility index (Phi) is 3.95. The maximum Gasteiger partial charge on any atom is 0.379 e. The number of carbonyl (C=O) groups excluding carboxylic acids is 2. The van der Waals surface area contributed by atoms with Crippen molar-refractivity contribution in [2.45, 2.75) is 6.92 Å². The number of halogens is 3. The number of benzene rings is 1. The molecule has 0 radical (unpaired) electrons. The fraction of sp³-hybridized carbons (Fsp3) is 0.200. The van der Waals surface area contributed by atoms with Gasteiger partial charge in [-0.25, -0.2) is 13.6 Å². The molecule has 1 rings (SSSR count). The van der Waals surface area contributed by atoms with Crippen LogP contribution in [0.1, 0.15) is 17.3 Å². The number of rotatable bonds is 3. The fourth-order valence-electron chi connectivity index (χ4n) is 1.00. The number of hydrogen-bond acceptors (Lipinski definition) is 3. The van der Waals surface area contributed by atoms with E-state index in [2.05, 4.69) is 4.74 Å². The normalized spacial score (nSPS) is 10.0. The molecule has 0 N–H and O–H groups in total. The van der Waals surface area contributed by atoms with Crippen LogP contribution in [0.25, 0.3) is 0 Å². The van der Waals surface area contributed by atoms with Gasteiger partial charge in [-0.05, 0) is 19.1 Å². The number of esters is 1. The molecule has 1 aromatic rings. The zero-order valence-corrected chi connectivity index (χ0v) is 8.98. The minimum absolute atomic E-state index is 0.00310. The fourth-order valence-corrected chi connectivity index (χ4v) is 1.11. The van der Waals surface area contributed by atoms with Crippen molar-refractivity contribution in [2.75, 3.05) is 6.61 Å². The van der Waals surface area contributed by atoms with E-state index >= 15 is 0 Å². The van der Waals surface area contributed by atoms with Crippen LogP contribution in [0.15, 0.2) is 12.1 Å². The largest absolute Gasteiger partial charge is 0.460 e. The van der Waals surface area contributed by atoms with Crippen LogP contribution in [0.2, 0.25) is 5.02 Å². The second-order valence-electron chi connectivity index (χ2n) is 2.80. The van der Waals surface area contributed by atoms with E-state index in [9.17, 15) is 18.4 Å². The summed E-state index contributed by atoms with van der Waals surface area (Å²) >= 11 is 5.22. The first-order valence-corrected chi connectivity index (χ1v) is 4.71. The van der Waals surface area contributed by atoms with Gasteiger partial charge in [-0.3, -0.25) is 4.79 Å². The minimum atomic E-state index is -1.16. The van der Waals surface area contributed by atoms with Crippen LogP contribution in [0.5, 0.6) is 0 Å². The molecule has 0 amide bonds. The van der Waals surface area contributed by atoms with Gasteiger partial charge in [0.1, 0.15) is 16.7 Å². The predicted octanol–water partition coefficient (Wildman–Crippen LogP) is 2.36. The second kappa shape index (κ2) is 5.03. The van der Waals surface area contributed by atoms with Crippen LogP contribution >= 0.6 is 11.6 Å². The molecule has 0 spiro atoms. The molecular formula is C10H7ClF2O3. The molecule has 0 fully saturated rings. The first-order chi connectivity index (χ1) is 7.47. The van der Waals surface area contributed by atoms with Gasteiger partial charge in [0.2, 0.25) is 0 Å². The highest BCUT2D eigenvalue weighted by Gasteiger charge is 2.20. The van der Waals surface area contributed by atoms with E-state index in [4.69, 9.17) is 11.6 Å². The molecule has 1 aromatic carbocycles. The maximum absolute atomic E-state index is 13.0. The van der Waals surface area contributed by atoms with Crippen molar-refractivity contribution in [3.05, 3.63) is 34.4 Å². The van der Waals surface area contributed by atoms with Gasteiger partial charge in [-0.2, -0.15) is 0 Å². The van der Waals surface area contributed by atoms with Crippen molar-refractivity contribution in [3.63, 3.8) is 0 Å². The molecule has 0 aliphatic heterocycles. The highest BCUT2D eigenvalue weighted by molar-refractivity contribution is 6.40. The van der Waals surface area contributed by atoms with E-state index in [1.165, 1.54) is 6.92 Å². The summed E-state index contributed by atoms with van der Waals surface area (Å²) in [4.78, 5) is 22.3. The third-order valence-electron chi connectivity index (χ3n) is 1.71. The van der Waals surface area contributed by atoms with Gasteiger partial charge in [0.05, 0.1) is 6.61 Å². The van der Waals surface area contributed by atoms with Gasteiger partial charge >= 0.3 is 5.97 Å². The molecule has 0 aliphatic carbocycles. The predicted molar refractivity (Wildman–Crippen MR) is 52.3 cm³/mol. The molecule has 0 saturated heterocycles. The molecule has 0 aromatic heterocycles. The molecule has 0 unspecified atom stereocenters. The number of ketones is 1. The Bertz CT molecular complexity index is 423. The lowest BCUT2D eigenvalue weighted by Crippen LogP contribution is -2.18. The van der Waals surface area contributed by atoms with Crippen LogP contribution in [0.4, 0.5) is 8.78 Å². The van der Waals surface area contributed by atoms with Crippen LogP contribution < -0.4 is 0 Å². The van der Waals surface area contributed by atoms with E-state index in [-0.39, 0.29) is 6.61 Å². The average Bonchev–Trinajstić information content (AvgIpc) is 2.24. The number of ether oxygens (including phenoxy) is 1. The highest BCUT2D eigenvalue weighted by atomic mass is 35.5. The Labute approximate surface area is 95.0 Å². The Balaban J connectivity index is 3.06. The van der Waals surface area contributed by atoms with Gasteiger partial charge in [0, 0.05) is 5.56 Å².